The maximum Gasteiger partial charge on any atom is 0.343 e. The lowest BCUT2D eigenvalue weighted by atomic mass is 10.1. The lowest BCUT2D eigenvalue weighted by molar-refractivity contribution is 0.0734. The first-order valence-electron chi connectivity index (χ1n) is 8.18. The molecular weight excluding hydrogens is 312 g/mol. The van der Waals surface area contributed by atoms with E-state index in [1.165, 1.54) is 0 Å². The summed E-state index contributed by atoms with van der Waals surface area (Å²) in [6, 6.07) is 22.6. The Bertz CT molecular complexity index is 832. The zero-order valence-corrected chi connectivity index (χ0v) is 14.4. The van der Waals surface area contributed by atoms with E-state index in [-0.39, 0.29) is 5.97 Å². The van der Waals surface area contributed by atoms with Gasteiger partial charge in [-0.25, -0.2) is 4.79 Å². The SMILES string of the molecule is Cc1cc(OC(=O)c2ccccc2)cc(C)c1OCc1ccccc1. The Morgan fingerprint density at radius 2 is 1.40 bits per heavy atom. The van der Waals surface area contributed by atoms with Crippen LogP contribution < -0.4 is 9.47 Å². The van der Waals surface area contributed by atoms with Gasteiger partial charge < -0.3 is 9.47 Å². The molecule has 0 radical (unpaired) electrons. The summed E-state index contributed by atoms with van der Waals surface area (Å²) in [4.78, 5) is 12.2. The first kappa shape index (κ1) is 16.8. The van der Waals surface area contributed by atoms with Crippen LogP contribution in [0.5, 0.6) is 11.5 Å². The number of esters is 1. The number of aryl methyl sites for hydroxylation is 2. The number of ether oxygens (including phenoxy) is 2. The van der Waals surface area contributed by atoms with E-state index in [2.05, 4.69) is 0 Å². The van der Waals surface area contributed by atoms with Gasteiger partial charge in [-0.3, -0.25) is 0 Å². The number of hydrogen-bond acceptors (Lipinski definition) is 3. The van der Waals surface area contributed by atoms with Crippen molar-refractivity contribution >= 4 is 5.97 Å². The summed E-state index contributed by atoms with van der Waals surface area (Å²) in [5, 5.41) is 0. The van der Waals surface area contributed by atoms with Crippen LogP contribution >= 0.6 is 0 Å². The summed E-state index contributed by atoms with van der Waals surface area (Å²) < 4.78 is 11.4. The van der Waals surface area contributed by atoms with Gasteiger partial charge in [0, 0.05) is 0 Å². The molecule has 0 fully saturated rings. The van der Waals surface area contributed by atoms with Gasteiger partial charge in [-0.15, -0.1) is 0 Å². The molecule has 3 aromatic rings. The second-order valence-electron chi connectivity index (χ2n) is 5.92. The summed E-state index contributed by atoms with van der Waals surface area (Å²) in [7, 11) is 0. The van der Waals surface area contributed by atoms with Crippen molar-refractivity contribution in [3.05, 3.63) is 95.1 Å². The average molecular weight is 332 g/mol. The van der Waals surface area contributed by atoms with Gasteiger partial charge in [0.25, 0.3) is 0 Å². The number of hydrogen-bond donors (Lipinski definition) is 0. The topological polar surface area (TPSA) is 35.5 Å². The highest BCUT2D eigenvalue weighted by Crippen LogP contribution is 2.29. The fourth-order valence-electron chi connectivity index (χ4n) is 2.67. The van der Waals surface area contributed by atoms with Crippen LogP contribution in [0.15, 0.2) is 72.8 Å². The Kier molecular flexibility index (Phi) is 5.14. The van der Waals surface area contributed by atoms with Gasteiger partial charge >= 0.3 is 5.97 Å². The third kappa shape index (κ3) is 4.27. The summed E-state index contributed by atoms with van der Waals surface area (Å²) in [5.74, 6) is 0.983. The number of rotatable bonds is 5. The molecule has 0 heterocycles. The van der Waals surface area contributed by atoms with Gasteiger partial charge in [-0.1, -0.05) is 48.5 Å². The molecule has 3 nitrogen and oxygen atoms in total. The van der Waals surface area contributed by atoms with E-state index in [0.29, 0.717) is 17.9 Å². The summed E-state index contributed by atoms with van der Waals surface area (Å²) >= 11 is 0. The van der Waals surface area contributed by atoms with Crippen molar-refractivity contribution in [1.29, 1.82) is 0 Å². The van der Waals surface area contributed by atoms with Crippen molar-refractivity contribution in [2.75, 3.05) is 0 Å². The first-order chi connectivity index (χ1) is 12.1. The van der Waals surface area contributed by atoms with Crippen molar-refractivity contribution in [3.63, 3.8) is 0 Å². The van der Waals surface area contributed by atoms with Gasteiger partial charge in [-0.05, 0) is 54.8 Å². The highest BCUT2D eigenvalue weighted by Gasteiger charge is 2.12. The van der Waals surface area contributed by atoms with Crippen LogP contribution in [0.25, 0.3) is 0 Å². The molecule has 3 heteroatoms. The van der Waals surface area contributed by atoms with Crippen LogP contribution in [-0.2, 0) is 6.61 Å². The average Bonchev–Trinajstić information content (AvgIpc) is 2.62. The first-order valence-corrected chi connectivity index (χ1v) is 8.18. The number of carbonyl (C=O) groups excluding carboxylic acids is 1. The monoisotopic (exact) mass is 332 g/mol. The molecule has 3 rings (SSSR count). The molecule has 0 aliphatic carbocycles. The molecule has 0 saturated carbocycles. The van der Waals surface area contributed by atoms with E-state index in [1.54, 1.807) is 12.1 Å². The third-order valence-electron chi connectivity index (χ3n) is 3.88. The molecular formula is C22H20O3. The highest BCUT2D eigenvalue weighted by atomic mass is 16.5. The molecule has 0 aliphatic heterocycles. The van der Waals surface area contributed by atoms with E-state index in [9.17, 15) is 4.79 Å². The van der Waals surface area contributed by atoms with Crippen molar-refractivity contribution < 1.29 is 14.3 Å². The van der Waals surface area contributed by atoms with Crippen LogP contribution in [0, 0.1) is 13.8 Å². The van der Waals surface area contributed by atoms with Crippen molar-refractivity contribution in [2.24, 2.45) is 0 Å². The van der Waals surface area contributed by atoms with Crippen LogP contribution in [0.4, 0.5) is 0 Å². The lowest BCUT2D eigenvalue weighted by Crippen LogP contribution is -2.09. The Balaban J connectivity index is 1.72. The molecule has 0 bridgehead atoms. The summed E-state index contributed by atoms with van der Waals surface area (Å²) in [5.41, 5.74) is 3.52. The van der Waals surface area contributed by atoms with Crippen LogP contribution in [0.2, 0.25) is 0 Å². The number of benzene rings is 3. The fourth-order valence-corrected chi connectivity index (χ4v) is 2.67. The largest absolute Gasteiger partial charge is 0.488 e. The minimum absolute atomic E-state index is 0.364. The van der Waals surface area contributed by atoms with Gasteiger partial charge in [0.05, 0.1) is 5.56 Å². The fraction of sp³-hybridized carbons (Fsp3) is 0.136. The molecule has 0 saturated heterocycles. The van der Waals surface area contributed by atoms with Crippen LogP contribution in [0.3, 0.4) is 0 Å². The predicted octanol–water partition coefficient (Wildman–Crippen LogP) is 5.10. The van der Waals surface area contributed by atoms with Gasteiger partial charge in [0.1, 0.15) is 18.1 Å². The Morgan fingerprint density at radius 1 is 0.840 bits per heavy atom. The van der Waals surface area contributed by atoms with Crippen LogP contribution in [0.1, 0.15) is 27.0 Å². The Morgan fingerprint density at radius 3 is 2.00 bits per heavy atom. The molecule has 126 valence electrons. The molecule has 0 spiro atoms. The molecule has 0 unspecified atom stereocenters. The minimum atomic E-state index is -0.364. The van der Waals surface area contributed by atoms with Gasteiger partial charge in [0.2, 0.25) is 0 Å². The highest BCUT2D eigenvalue weighted by molar-refractivity contribution is 5.91. The van der Waals surface area contributed by atoms with E-state index in [4.69, 9.17) is 9.47 Å². The molecule has 3 aromatic carbocycles. The zero-order chi connectivity index (χ0) is 17.6. The summed E-state index contributed by atoms with van der Waals surface area (Å²) in [6.07, 6.45) is 0. The molecule has 25 heavy (non-hydrogen) atoms. The molecule has 0 amide bonds. The molecule has 0 aromatic heterocycles. The normalized spacial score (nSPS) is 10.3. The standard InChI is InChI=1S/C22H20O3/c1-16-13-20(25-22(23)19-11-7-4-8-12-19)14-17(2)21(16)24-15-18-9-5-3-6-10-18/h3-14H,15H2,1-2H3. The number of carbonyl (C=O) groups is 1. The van der Waals surface area contributed by atoms with Crippen molar-refractivity contribution in [3.8, 4) is 11.5 Å². The van der Waals surface area contributed by atoms with E-state index >= 15 is 0 Å². The van der Waals surface area contributed by atoms with Gasteiger partial charge in [-0.2, -0.15) is 0 Å². The summed E-state index contributed by atoms with van der Waals surface area (Å²) in [6.45, 7) is 4.41. The zero-order valence-electron chi connectivity index (χ0n) is 14.4. The minimum Gasteiger partial charge on any atom is -0.488 e. The molecule has 0 N–H and O–H groups in total. The predicted molar refractivity (Wildman–Crippen MR) is 98.1 cm³/mol. The lowest BCUT2D eigenvalue weighted by Gasteiger charge is -2.14. The van der Waals surface area contributed by atoms with E-state index in [0.717, 1.165) is 22.4 Å². The third-order valence-corrected chi connectivity index (χ3v) is 3.88. The van der Waals surface area contributed by atoms with Crippen molar-refractivity contribution in [1.82, 2.24) is 0 Å². The second kappa shape index (κ2) is 7.67. The van der Waals surface area contributed by atoms with Crippen molar-refractivity contribution in [2.45, 2.75) is 20.5 Å². The van der Waals surface area contributed by atoms with E-state index < -0.39 is 0 Å². The maximum atomic E-state index is 12.2. The molecule has 0 aliphatic rings. The van der Waals surface area contributed by atoms with Crippen LogP contribution in [-0.4, -0.2) is 5.97 Å². The Hall–Kier alpha value is -3.07. The molecule has 0 atom stereocenters. The second-order valence-corrected chi connectivity index (χ2v) is 5.92. The smallest absolute Gasteiger partial charge is 0.343 e. The van der Waals surface area contributed by atoms with Gasteiger partial charge in [0.15, 0.2) is 0 Å². The van der Waals surface area contributed by atoms with E-state index in [1.807, 2.05) is 74.5 Å². The quantitative estimate of drug-likeness (QED) is 0.481. The maximum absolute atomic E-state index is 12.2. The Labute approximate surface area is 147 Å².